The number of pyridine rings is 2. The summed E-state index contributed by atoms with van der Waals surface area (Å²) < 4.78 is 2.05. The van der Waals surface area contributed by atoms with E-state index in [4.69, 9.17) is 5.73 Å². The van der Waals surface area contributed by atoms with Gasteiger partial charge in [-0.3, -0.25) is 0 Å². The van der Waals surface area contributed by atoms with Crippen LogP contribution in [-0.2, 0) is 0 Å². The molecule has 0 bridgehead atoms. The standard InChI is InChI=1S/C19H15N5/c20-18(23-17-5-1-2-11-21-17)14-6-8-16(9-7-14)24-13-10-15-4-3-12-22-19(15)24/h1-13H,(H2,20,21,23). The summed E-state index contributed by atoms with van der Waals surface area (Å²) in [6, 6.07) is 19.5. The number of nitrogens with two attached hydrogens (primary N) is 1. The minimum Gasteiger partial charge on any atom is -0.383 e. The topological polar surface area (TPSA) is 69.1 Å². The fourth-order valence-electron chi connectivity index (χ4n) is 2.58. The molecule has 0 radical (unpaired) electrons. The molecule has 5 nitrogen and oxygen atoms in total. The van der Waals surface area contributed by atoms with E-state index in [1.165, 1.54) is 0 Å². The van der Waals surface area contributed by atoms with Crippen molar-refractivity contribution in [2.45, 2.75) is 0 Å². The fraction of sp³-hybridized carbons (Fsp3) is 0. The summed E-state index contributed by atoms with van der Waals surface area (Å²) in [5.74, 6) is 1.04. The summed E-state index contributed by atoms with van der Waals surface area (Å²) >= 11 is 0. The molecule has 0 aliphatic heterocycles. The van der Waals surface area contributed by atoms with Gasteiger partial charge in [0.2, 0.25) is 0 Å². The molecule has 0 aliphatic carbocycles. The first-order valence-corrected chi connectivity index (χ1v) is 7.59. The minimum atomic E-state index is 0.440. The van der Waals surface area contributed by atoms with Gasteiger partial charge in [-0.15, -0.1) is 0 Å². The largest absolute Gasteiger partial charge is 0.383 e. The molecule has 0 atom stereocenters. The van der Waals surface area contributed by atoms with Crippen LogP contribution in [-0.4, -0.2) is 20.4 Å². The lowest BCUT2D eigenvalue weighted by Crippen LogP contribution is -2.12. The van der Waals surface area contributed by atoms with Crippen LogP contribution in [0.4, 0.5) is 5.82 Å². The molecule has 0 fully saturated rings. The average molecular weight is 313 g/mol. The molecule has 0 saturated heterocycles. The first-order valence-electron chi connectivity index (χ1n) is 7.59. The molecule has 4 aromatic rings. The van der Waals surface area contributed by atoms with Crippen LogP contribution in [0.5, 0.6) is 0 Å². The van der Waals surface area contributed by atoms with E-state index in [1.54, 1.807) is 12.4 Å². The highest BCUT2D eigenvalue weighted by atomic mass is 15.0. The van der Waals surface area contributed by atoms with Gasteiger partial charge in [0, 0.05) is 35.2 Å². The summed E-state index contributed by atoms with van der Waals surface area (Å²) in [5.41, 5.74) is 8.89. The molecular weight excluding hydrogens is 298 g/mol. The van der Waals surface area contributed by atoms with E-state index in [2.05, 4.69) is 15.0 Å². The van der Waals surface area contributed by atoms with Gasteiger partial charge < -0.3 is 10.3 Å². The fourth-order valence-corrected chi connectivity index (χ4v) is 2.58. The number of aromatic nitrogens is 3. The molecule has 0 amide bonds. The Labute approximate surface area is 139 Å². The Morgan fingerprint density at radius 3 is 2.50 bits per heavy atom. The van der Waals surface area contributed by atoms with Crippen molar-refractivity contribution in [3.63, 3.8) is 0 Å². The Kier molecular flexibility index (Phi) is 3.51. The normalized spacial score (nSPS) is 11.8. The van der Waals surface area contributed by atoms with Crippen LogP contribution in [0.3, 0.4) is 0 Å². The third kappa shape index (κ3) is 2.63. The van der Waals surface area contributed by atoms with Crippen LogP contribution < -0.4 is 5.73 Å². The molecule has 3 heterocycles. The van der Waals surface area contributed by atoms with Crippen molar-refractivity contribution >= 4 is 22.7 Å². The molecule has 0 unspecified atom stereocenters. The summed E-state index contributed by atoms with van der Waals surface area (Å²) in [6.07, 6.45) is 5.50. The van der Waals surface area contributed by atoms with Gasteiger partial charge in [-0.2, -0.15) is 0 Å². The maximum absolute atomic E-state index is 6.08. The first-order chi connectivity index (χ1) is 11.8. The number of benzene rings is 1. The highest BCUT2D eigenvalue weighted by molar-refractivity contribution is 5.99. The molecule has 0 aliphatic rings. The Morgan fingerprint density at radius 2 is 1.71 bits per heavy atom. The van der Waals surface area contributed by atoms with Crippen LogP contribution >= 0.6 is 0 Å². The van der Waals surface area contributed by atoms with Crippen molar-refractivity contribution in [1.29, 1.82) is 0 Å². The van der Waals surface area contributed by atoms with Gasteiger partial charge in [0.25, 0.3) is 0 Å². The Morgan fingerprint density at radius 1 is 0.875 bits per heavy atom. The Bertz CT molecular complexity index is 1000. The van der Waals surface area contributed by atoms with Gasteiger partial charge in [-0.1, -0.05) is 6.07 Å². The lowest BCUT2D eigenvalue weighted by molar-refractivity contribution is 1.09. The van der Waals surface area contributed by atoms with Gasteiger partial charge in [-0.05, 0) is 54.6 Å². The molecule has 116 valence electrons. The van der Waals surface area contributed by atoms with Crippen molar-refractivity contribution in [1.82, 2.24) is 14.5 Å². The molecule has 2 N–H and O–H groups in total. The van der Waals surface area contributed by atoms with Crippen molar-refractivity contribution in [3.8, 4) is 5.69 Å². The van der Waals surface area contributed by atoms with E-state index >= 15 is 0 Å². The van der Waals surface area contributed by atoms with E-state index in [1.807, 2.05) is 71.4 Å². The Balaban J connectivity index is 1.67. The average Bonchev–Trinajstić information content (AvgIpc) is 3.07. The summed E-state index contributed by atoms with van der Waals surface area (Å²) in [6.45, 7) is 0. The lowest BCUT2D eigenvalue weighted by atomic mass is 10.2. The Hall–Kier alpha value is -3.47. The quantitative estimate of drug-likeness (QED) is 0.465. The number of rotatable bonds is 3. The second-order valence-corrected chi connectivity index (χ2v) is 5.33. The van der Waals surface area contributed by atoms with Crippen molar-refractivity contribution in [3.05, 3.63) is 84.8 Å². The second-order valence-electron chi connectivity index (χ2n) is 5.33. The van der Waals surface area contributed by atoms with Crippen molar-refractivity contribution < 1.29 is 0 Å². The van der Waals surface area contributed by atoms with Crippen LogP contribution in [0.1, 0.15) is 5.56 Å². The third-order valence-corrected chi connectivity index (χ3v) is 3.77. The van der Waals surface area contributed by atoms with Crippen LogP contribution in [0.15, 0.2) is 84.2 Å². The zero-order valence-corrected chi connectivity index (χ0v) is 12.9. The van der Waals surface area contributed by atoms with Gasteiger partial charge in [-0.25, -0.2) is 15.0 Å². The van der Waals surface area contributed by atoms with Gasteiger partial charge in [0.1, 0.15) is 11.5 Å². The molecule has 3 aromatic heterocycles. The zero-order chi connectivity index (χ0) is 16.4. The summed E-state index contributed by atoms with van der Waals surface area (Å²) in [5, 5.41) is 1.11. The number of amidine groups is 1. The molecule has 0 saturated carbocycles. The van der Waals surface area contributed by atoms with Gasteiger partial charge >= 0.3 is 0 Å². The lowest BCUT2D eigenvalue weighted by Gasteiger charge is -2.06. The second kappa shape index (κ2) is 5.96. The number of fused-ring (bicyclic) bond motifs is 1. The number of hydrogen-bond donors (Lipinski definition) is 1. The predicted octanol–water partition coefficient (Wildman–Crippen LogP) is 3.46. The van der Waals surface area contributed by atoms with E-state index in [9.17, 15) is 0 Å². The maximum Gasteiger partial charge on any atom is 0.154 e. The van der Waals surface area contributed by atoms with Crippen molar-refractivity contribution in [2.24, 2.45) is 10.7 Å². The number of hydrogen-bond acceptors (Lipinski definition) is 3. The van der Waals surface area contributed by atoms with Crippen molar-refractivity contribution in [2.75, 3.05) is 0 Å². The van der Waals surface area contributed by atoms with E-state index in [0.717, 1.165) is 22.3 Å². The SMILES string of the molecule is NC(=Nc1ccccn1)c1ccc(-n2ccc3cccnc32)cc1. The number of aliphatic imine (C=N–C) groups is 1. The van der Waals surface area contributed by atoms with Crippen LogP contribution in [0.25, 0.3) is 16.7 Å². The smallest absolute Gasteiger partial charge is 0.154 e. The molecule has 4 rings (SSSR count). The van der Waals surface area contributed by atoms with E-state index in [0.29, 0.717) is 11.7 Å². The molecule has 1 aromatic carbocycles. The van der Waals surface area contributed by atoms with Gasteiger partial charge in [0.05, 0.1) is 0 Å². The first kappa shape index (κ1) is 14.1. The monoisotopic (exact) mass is 313 g/mol. The zero-order valence-electron chi connectivity index (χ0n) is 12.9. The third-order valence-electron chi connectivity index (χ3n) is 3.77. The maximum atomic E-state index is 6.08. The minimum absolute atomic E-state index is 0.440. The summed E-state index contributed by atoms with van der Waals surface area (Å²) in [4.78, 5) is 12.9. The number of nitrogens with zero attached hydrogens (tertiary/aromatic N) is 4. The molecule has 5 heteroatoms. The molecule has 24 heavy (non-hydrogen) atoms. The van der Waals surface area contributed by atoms with Crippen LogP contribution in [0.2, 0.25) is 0 Å². The van der Waals surface area contributed by atoms with Crippen LogP contribution in [0, 0.1) is 0 Å². The van der Waals surface area contributed by atoms with E-state index < -0.39 is 0 Å². The predicted molar refractivity (Wildman–Crippen MR) is 95.7 cm³/mol. The van der Waals surface area contributed by atoms with E-state index in [-0.39, 0.29) is 0 Å². The van der Waals surface area contributed by atoms with Gasteiger partial charge in [0.15, 0.2) is 5.82 Å². The summed E-state index contributed by atoms with van der Waals surface area (Å²) in [7, 11) is 0. The highest BCUT2D eigenvalue weighted by Gasteiger charge is 2.05. The highest BCUT2D eigenvalue weighted by Crippen LogP contribution is 2.19. The molecular formula is C19H15N5. The molecule has 0 spiro atoms.